The van der Waals surface area contributed by atoms with E-state index in [1.165, 1.54) is 5.56 Å². The summed E-state index contributed by atoms with van der Waals surface area (Å²) in [4.78, 5) is 17.9. The fourth-order valence-corrected chi connectivity index (χ4v) is 4.10. The Labute approximate surface area is 235 Å². The Morgan fingerprint density at radius 1 is 1.15 bits per heavy atom. The van der Waals surface area contributed by atoms with Crippen LogP contribution in [0.1, 0.15) is 24.0 Å². The van der Waals surface area contributed by atoms with E-state index in [-0.39, 0.29) is 18.6 Å². The largest absolute Gasteiger partial charge is 0.470 e. The van der Waals surface area contributed by atoms with Gasteiger partial charge in [-0.05, 0) is 29.7 Å². The molecule has 0 radical (unpaired) electrons. The van der Waals surface area contributed by atoms with Crippen molar-refractivity contribution in [2.24, 2.45) is 0 Å². The number of anilines is 1. The van der Waals surface area contributed by atoms with Gasteiger partial charge in [0.2, 0.25) is 11.8 Å². The van der Waals surface area contributed by atoms with Crippen LogP contribution < -0.4 is 15.4 Å². The lowest BCUT2D eigenvalue weighted by Crippen LogP contribution is -2.40. The van der Waals surface area contributed by atoms with Crippen molar-refractivity contribution in [2.45, 2.75) is 25.5 Å². The Morgan fingerprint density at radius 2 is 1.85 bits per heavy atom. The minimum Gasteiger partial charge on any atom is -0.470 e. The van der Waals surface area contributed by atoms with Crippen LogP contribution in [-0.4, -0.2) is 65.4 Å². The van der Waals surface area contributed by atoms with E-state index < -0.39 is 0 Å². The predicted octanol–water partition coefficient (Wildman–Crippen LogP) is 4.16. The Hall–Kier alpha value is -4.68. The Morgan fingerprint density at radius 3 is 2.50 bits per heavy atom. The number of carbonyl (C=O) groups excluding carboxylic acids is 1. The summed E-state index contributed by atoms with van der Waals surface area (Å²) in [5.41, 5.74) is 4.52. The highest BCUT2D eigenvalue weighted by molar-refractivity contribution is 5.75. The molecular formula is C31H35N7O2. The maximum absolute atomic E-state index is 11.9. The predicted molar refractivity (Wildman–Crippen MR) is 156 cm³/mol. The number of nitriles is 1. The fourth-order valence-electron chi connectivity index (χ4n) is 4.10. The van der Waals surface area contributed by atoms with E-state index in [4.69, 9.17) is 10.00 Å². The number of likely N-dealkylation sites (N-methyl/N-ethyl adjacent to an activating group) is 1. The van der Waals surface area contributed by atoms with Crippen molar-refractivity contribution in [1.29, 1.82) is 5.26 Å². The molecule has 5 rings (SSSR count). The van der Waals surface area contributed by atoms with Gasteiger partial charge in [-0.25, -0.2) is 4.98 Å². The second kappa shape index (κ2) is 13.9. The third-order valence-corrected chi connectivity index (χ3v) is 6.51. The quantitative estimate of drug-likeness (QED) is 0.348. The van der Waals surface area contributed by atoms with Gasteiger partial charge in [0.15, 0.2) is 0 Å². The van der Waals surface area contributed by atoms with Gasteiger partial charge in [-0.3, -0.25) is 9.48 Å². The van der Waals surface area contributed by atoms with E-state index in [0.29, 0.717) is 30.5 Å². The van der Waals surface area contributed by atoms with E-state index in [2.05, 4.69) is 33.7 Å². The van der Waals surface area contributed by atoms with Gasteiger partial charge < -0.3 is 20.3 Å². The first-order valence-electron chi connectivity index (χ1n) is 13.3. The second-order valence-corrected chi connectivity index (χ2v) is 9.86. The molecule has 2 aromatic carbocycles. The lowest BCUT2D eigenvalue weighted by molar-refractivity contribution is -0.129. The summed E-state index contributed by atoms with van der Waals surface area (Å²) in [6.07, 6.45) is 5.31. The van der Waals surface area contributed by atoms with Crippen LogP contribution in [0.5, 0.6) is 5.88 Å². The van der Waals surface area contributed by atoms with Crippen LogP contribution in [0.25, 0.3) is 11.1 Å². The maximum atomic E-state index is 11.9. The Kier molecular flexibility index (Phi) is 9.86. The molecule has 2 N–H and O–H groups in total. The number of fused-ring (bicyclic) bond motifs is 1. The van der Waals surface area contributed by atoms with Crippen molar-refractivity contribution in [2.75, 3.05) is 39.0 Å². The molecule has 0 bridgehead atoms. The number of ether oxygens (including phenoxy) is 1. The first-order valence-corrected chi connectivity index (χ1v) is 13.3. The zero-order valence-electron chi connectivity index (χ0n) is 23.1. The zero-order chi connectivity index (χ0) is 28.3. The first kappa shape index (κ1) is 28.3. The summed E-state index contributed by atoms with van der Waals surface area (Å²) in [7, 11) is 3.45. The van der Waals surface area contributed by atoms with Gasteiger partial charge >= 0.3 is 0 Å². The number of rotatable bonds is 8. The third kappa shape index (κ3) is 7.91. The highest BCUT2D eigenvalue weighted by Gasteiger charge is 2.21. The Bertz CT molecular complexity index is 1390. The van der Waals surface area contributed by atoms with Gasteiger partial charge in [0.05, 0.1) is 30.1 Å². The number of hydrogen-bond acceptors (Lipinski definition) is 7. The molecule has 0 saturated carbocycles. The molecule has 2 unspecified atom stereocenters. The van der Waals surface area contributed by atoms with Crippen molar-refractivity contribution in [1.82, 2.24) is 25.0 Å². The van der Waals surface area contributed by atoms with Gasteiger partial charge in [0.25, 0.3) is 0 Å². The van der Waals surface area contributed by atoms with Gasteiger partial charge in [0.1, 0.15) is 12.6 Å². The number of hydrogen-bond donors (Lipinski definition) is 2. The smallest absolute Gasteiger partial charge is 0.243 e. The molecule has 9 heteroatoms. The lowest BCUT2D eigenvalue weighted by atomic mass is 10.00. The number of amides is 1. The zero-order valence-corrected chi connectivity index (χ0v) is 23.1. The molecule has 0 aliphatic carbocycles. The number of carbonyl (C=O) groups is 1. The van der Waals surface area contributed by atoms with E-state index in [1.54, 1.807) is 36.1 Å². The number of pyridine rings is 1. The number of nitrogens with zero attached hydrogens (tertiary/aromatic N) is 5. The molecule has 2 aromatic heterocycles. The summed E-state index contributed by atoms with van der Waals surface area (Å²) < 4.78 is 7.71. The van der Waals surface area contributed by atoms with E-state index in [9.17, 15) is 4.79 Å². The minimum atomic E-state index is -0.0289. The highest BCUT2D eigenvalue weighted by Crippen LogP contribution is 2.31. The van der Waals surface area contributed by atoms with Crippen LogP contribution >= 0.6 is 0 Å². The highest BCUT2D eigenvalue weighted by atomic mass is 16.5. The molecule has 4 aromatic rings. The van der Waals surface area contributed by atoms with E-state index >= 15 is 0 Å². The molecule has 0 spiro atoms. The lowest BCUT2D eigenvalue weighted by Gasteiger charge is -2.27. The van der Waals surface area contributed by atoms with Crippen LogP contribution in [0.15, 0.2) is 85.3 Å². The number of nitrogens with one attached hydrogen (secondary N) is 2. The minimum absolute atomic E-state index is 0.0146. The summed E-state index contributed by atoms with van der Waals surface area (Å²) >= 11 is 0. The molecule has 0 saturated heterocycles. The van der Waals surface area contributed by atoms with Crippen molar-refractivity contribution in [3.8, 4) is 23.1 Å². The molecule has 9 nitrogen and oxygen atoms in total. The normalized spacial score (nSPS) is 14.3. The van der Waals surface area contributed by atoms with Crippen molar-refractivity contribution >= 4 is 11.6 Å². The van der Waals surface area contributed by atoms with Gasteiger partial charge in [0, 0.05) is 50.7 Å². The van der Waals surface area contributed by atoms with Crippen LogP contribution in [0.3, 0.4) is 0 Å². The van der Waals surface area contributed by atoms with Crippen molar-refractivity contribution in [3.63, 3.8) is 0 Å². The topological polar surface area (TPSA) is 108 Å². The first-order chi connectivity index (χ1) is 19.4. The third-order valence-electron chi connectivity index (χ3n) is 6.51. The van der Waals surface area contributed by atoms with Crippen LogP contribution in [-0.2, 0) is 11.3 Å². The van der Waals surface area contributed by atoms with Crippen molar-refractivity contribution < 1.29 is 9.53 Å². The molecular weight excluding hydrogens is 502 g/mol. The second-order valence-electron chi connectivity index (χ2n) is 9.86. The molecule has 1 aliphatic heterocycles. The van der Waals surface area contributed by atoms with Gasteiger partial charge in [-0.15, -0.1) is 0 Å². The monoisotopic (exact) mass is 537 g/mol. The molecule has 3 heterocycles. The molecule has 2 atom stereocenters. The average Bonchev–Trinajstić information content (AvgIpc) is 3.46. The van der Waals surface area contributed by atoms with Gasteiger partial charge in [-0.1, -0.05) is 55.5 Å². The SMILES string of the molecule is CC(CNCC1CNc2cc(-c3cnn(CC(=O)N(C)C)c3)cnc2O1)c1ccc(C#N)cc1.c1ccccc1. The molecule has 40 heavy (non-hydrogen) atoms. The fraction of sp³-hybridized carbons (Fsp3) is 0.290. The average molecular weight is 538 g/mol. The summed E-state index contributed by atoms with van der Waals surface area (Å²) in [6, 6.07) is 23.9. The molecule has 1 aliphatic rings. The molecule has 1 amide bonds. The summed E-state index contributed by atoms with van der Waals surface area (Å²) in [6.45, 7) is 4.54. The van der Waals surface area contributed by atoms with Crippen LogP contribution in [0.4, 0.5) is 5.69 Å². The number of aromatic nitrogens is 3. The van der Waals surface area contributed by atoms with Gasteiger partial charge in [-0.2, -0.15) is 10.4 Å². The molecule has 0 fully saturated rings. The van der Waals surface area contributed by atoms with E-state index in [1.807, 2.05) is 72.9 Å². The Balaban J connectivity index is 0.000000546. The maximum Gasteiger partial charge on any atom is 0.243 e. The van der Waals surface area contributed by atoms with Crippen LogP contribution in [0, 0.1) is 11.3 Å². The van der Waals surface area contributed by atoms with Crippen LogP contribution in [0.2, 0.25) is 0 Å². The standard InChI is InChI=1S/C25H29N7O2.C6H6/c1-17(19-6-4-18(9-26)5-7-19)10-27-13-22-14-28-23-8-20(11-29-25(23)34-22)21-12-30-32(15-21)16-24(33)31(2)3;1-2-4-6-5-3-1/h4-8,11-12,15,17,22,27-28H,10,13-14,16H2,1-3H3;1-6H. The van der Waals surface area contributed by atoms with Crippen molar-refractivity contribution in [3.05, 3.63) is 96.4 Å². The molecule has 206 valence electrons. The number of benzene rings is 2. The summed E-state index contributed by atoms with van der Waals surface area (Å²) in [5.74, 6) is 0.891. The van der Waals surface area contributed by atoms with E-state index in [0.717, 1.165) is 23.4 Å². The summed E-state index contributed by atoms with van der Waals surface area (Å²) in [5, 5.41) is 20.1.